The third-order valence-corrected chi connectivity index (χ3v) is 6.11. The third-order valence-electron chi connectivity index (χ3n) is 6.11. The first-order valence-corrected chi connectivity index (χ1v) is 10.5. The summed E-state index contributed by atoms with van der Waals surface area (Å²) in [7, 11) is 0. The number of aromatic nitrogens is 3. The lowest BCUT2D eigenvalue weighted by Crippen LogP contribution is -2.40. The van der Waals surface area contributed by atoms with E-state index in [9.17, 15) is 4.79 Å². The Balaban J connectivity index is 1.42. The molecule has 4 aromatic rings. The van der Waals surface area contributed by atoms with Gasteiger partial charge >= 0.3 is 0 Å². The van der Waals surface area contributed by atoms with Gasteiger partial charge in [0.25, 0.3) is 5.56 Å². The van der Waals surface area contributed by atoms with Gasteiger partial charge in [0.1, 0.15) is 16.7 Å². The molecule has 154 valence electrons. The molecule has 7 heteroatoms. The first-order valence-electron chi connectivity index (χ1n) is 10.5. The molecule has 1 saturated heterocycles. The molecule has 1 fully saturated rings. The number of piperidine rings is 1. The number of para-hydroxylation sites is 1. The Morgan fingerprint density at radius 1 is 1.07 bits per heavy atom. The summed E-state index contributed by atoms with van der Waals surface area (Å²) < 4.78 is 1.65. The molecule has 1 aliphatic rings. The number of likely N-dealkylation sites (tertiary alicyclic amines) is 1. The van der Waals surface area contributed by atoms with Crippen molar-refractivity contribution in [3.05, 3.63) is 64.4 Å². The van der Waals surface area contributed by atoms with E-state index in [2.05, 4.69) is 27.1 Å². The van der Waals surface area contributed by atoms with Crippen LogP contribution in [0.4, 0.5) is 5.82 Å². The number of pyridine rings is 1. The number of benzene rings is 2. The van der Waals surface area contributed by atoms with Crippen molar-refractivity contribution in [1.29, 1.82) is 0 Å². The number of nitrogens with two attached hydrogens (primary N) is 2. The van der Waals surface area contributed by atoms with Crippen LogP contribution in [-0.2, 0) is 6.42 Å². The van der Waals surface area contributed by atoms with E-state index in [0.717, 1.165) is 55.5 Å². The SMILES string of the molecule is Nc1c2c(=O)[nH]c3ccccc3c2nn1-c1ccc(CCN2CCC(N)CC2)cc1. The molecule has 2 aromatic carbocycles. The third kappa shape index (κ3) is 3.36. The molecule has 0 radical (unpaired) electrons. The van der Waals surface area contributed by atoms with Gasteiger partial charge in [-0.1, -0.05) is 30.3 Å². The highest BCUT2D eigenvalue weighted by atomic mass is 16.1. The van der Waals surface area contributed by atoms with Gasteiger partial charge in [0.15, 0.2) is 0 Å². The summed E-state index contributed by atoms with van der Waals surface area (Å²) >= 11 is 0. The molecule has 0 atom stereocenters. The van der Waals surface area contributed by atoms with Gasteiger partial charge in [0.05, 0.1) is 11.2 Å². The van der Waals surface area contributed by atoms with Crippen molar-refractivity contribution >= 4 is 27.6 Å². The Bertz CT molecular complexity index is 1250. The fraction of sp³-hybridized carbons (Fsp3) is 0.304. The number of aromatic amines is 1. The van der Waals surface area contributed by atoms with Crippen molar-refractivity contribution in [1.82, 2.24) is 19.7 Å². The molecule has 1 aliphatic heterocycles. The maximum Gasteiger partial charge on any atom is 0.261 e. The summed E-state index contributed by atoms with van der Waals surface area (Å²) in [6.45, 7) is 3.21. The second kappa shape index (κ2) is 7.59. The molecule has 5 N–H and O–H groups in total. The van der Waals surface area contributed by atoms with Crippen molar-refractivity contribution in [3.8, 4) is 5.69 Å². The molecule has 2 aromatic heterocycles. The van der Waals surface area contributed by atoms with Crippen LogP contribution in [0.3, 0.4) is 0 Å². The summed E-state index contributed by atoms with van der Waals surface area (Å²) in [5.41, 5.74) is 15.6. The van der Waals surface area contributed by atoms with E-state index in [0.29, 0.717) is 22.8 Å². The van der Waals surface area contributed by atoms with Crippen molar-refractivity contribution in [2.45, 2.75) is 25.3 Å². The largest absolute Gasteiger partial charge is 0.383 e. The van der Waals surface area contributed by atoms with Crippen LogP contribution >= 0.6 is 0 Å². The second-order valence-corrected chi connectivity index (χ2v) is 8.12. The minimum atomic E-state index is -0.217. The van der Waals surface area contributed by atoms with Crippen molar-refractivity contribution < 1.29 is 0 Å². The van der Waals surface area contributed by atoms with Gasteiger partial charge in [-0.2, -0.15) is 5.10 Å². The zero-order valence-corrected chi connectivity index (χ0v) is 16.8. The Kier molecular flexibility index (Phi) is 4.77. The van der Waals surface area contributed by atoms with Gasteiger partial charge in [-0.05, 0) is 56.1 Å². The van der Waals surface area contributed by atoms with Crippen molar-refractivity contribution in [3.63, 3.8) is 0 Å². The minimum Gasteiger partial charge on any atom is -0.383 e. The first kappa shape index (κ1) is 18.8. The predicted octanol–water partition coefficient (Wildman–Crippen LogP) is 2.41. The number of rotatable bonds is 4. The average Bonchev–Trinajstić information content (AvgIpc) is 3.12. The van der Waals surface area contributed by atoms with E-state index in [1.54, 1.807) is 4.68 Å². The smallest absolute Gasteiger partial charge is 0.261 e. The molecule has 30 heavy (non-hydrogen) atoms. The standard InChI is InChI=1S/C23H26N6O/c24-16-10-13-28(14-11-16)12-9-15-5-7-17(8-6-15)29-22(25)20-21(27-29)18-3-1-2-4-19(18)26-23(20)30/h1-8,16H,9-14,24-25H2,(H,26,30). The highest BCUT2D eigenvalue weighted by Crippen LogP contribution is 2.26. The molecule has 0 aliphatic carbocycles. The number of anilines is 1. The van der Waals surface area contributed by atoms with E-state index in [1.807, 2.05) is 36.4 Å². The number of nitrogens with one attached hydrogen (secondary N) is 1. The van der Waals surface area contributed by atoms with Gasteiger partial charge in [-0.25, -0.2) is 4.68 Å². The van der Waals surface area contributed by atoms with Gasteiger partial charge in [0, 0.05) is 18.0 Å². The topological polar surface area (TPSA) is 106 Å². The lowest BCUT2D eigenvalue weighted by atomic mass is 10.1. The van der Waals surface area contributed by atoms with Gasteiger partial charge < -0.3 is 21.4 Å². The fourth-order valence-electron chi connectivity index (χ4n) is 4.29. The molecule has 0 unspecified atom stereocenters. The molecular formula is C23H26N6O. The van der Waals surface area contributed by atoms with Crippen LogP contribution in [0.2, 0.25) is 0 Å². The van der Waals surface area contributed by atoms with E-state index >= 15 is 0 Å². The van der Waals surface area contributed by atoms with Gasteiger partial charge in [0.2, 0.25) is 0 Å². The second-order valence-electron chi connectivity index (χ2n) is 8.12. The Morgan fingerprint density at radius 3 is 2.57 bits per heavy atom. The molecule has 0 spiro atoms. The molecule has 0 saturated carbocycles. The number of hydrogen-bond donors (Lipinski definition) is 3. The molecule has 0 amide bonds. The lowest BCUT2D eigenvalue weighted by Gasteiger charge is -2.29. The van der Waals surface area contributed by atoms with E-state index < -0.39 is 0 Å². The maximum absolute atomic E-state index is 12.6. The normalized spacial score (nSPS) is 15.9. The average molecular weight is 403 g/mol. The van der Waals surface area contributed by atoms with Crippen LogP contribution in [0.15, 0.2) is 53.3 Å². The van der Waals surface area contributed by atoms with Gasteiger partial charge in [-0.3, -0.25) is 4.79 Å². The molecule has 5 rings (SSSR count). The summed E-state index contributed by atoms with van der Waals surface area (Å²) in [6, 6.07) is 16.2. The zero-order chi connectivity index (χ0) is 20.7. The molecule has 3 heterocycles. The zero-order valence-electron chi connectivity index (χ0n) is 16.8. The van der Waals surface area contributed by atoms with E-state index in [-0.39, 0.29) is 5.56 Å². The summed E-state index contributed by atoms with van der Waals surface area (Å²) in [4.78, 5) is 17.9. The maximum atomic E-state index is 12.6. The van der Waals surface area contributed by atoms with Crippen LogP contribution < -0.4 is 17.0 Å². The number of nitrogen functional groups attached to an aromatic ring is 1. The number of nitrogens with zero attached hydrogens (tertiary/aromatic N) is 3. The van der Waals surface area contributed by atoms with Crippen molar-refractivity contribution in [2.24, 2.45) is 5.73 Å². The Labute approximate surface area is 174 Å². The number of hydrogen-bond acceptors (Lipinski definition) is 5. The highest BCUT2D eigenvalue weighted by Gasteiger charge is 2.17. The van der Waals surface area contributed by atoms with Crippen LogP contribution in [0.25, 0.3) is 27.5 Å². The van der Waals surface area contributed by atoms with Crippen molar-refractivity contribution in [2.75, 3.05) is 25.4 Å². The summed E-state index contributed by atoms with van der Waals surface area (Å²) in [5, 5.41) is 6.00. The first-order chi connectivity index (χ1) is 14.6. The molecule has 7 nitrogen and oxygen atoms in total. The van der Waals surface area contributed by atoms with Crippen LogP contribution in [0, 0.1) is 0 Å². The van der Waals surface area contributed by atoms with E-state index in [1.165, 1.54) is 5.56 Å². The summed E-state index contributed by atoms with van der Waals surface area (Å²) in [5.74, 6) is 0.356. The quantitative estimate of drug-likeness (QED) is 0.486. The number of H-pyrrole nitrogens is 1. The number of fused-ring (bicyclic) bond motifs is 3. The van der Waals surface area contributed by atoms with Crippen LogP contribution in [-0.4, -0.2) is 45.3 Å². The predicted molar refractivity (Wildman–Crippen MR) is 121 cm³/mol. The lowest BCUT2D eigenvalue weighted by molar-refractivity contribution is 0.215. The summed E-state index contributed by atoms with van der Waals surface area (Å²) in [6.07, 6.45) is 3.16. The Morgan fingerprint density at radius 2 is 1.80 bits per heavy atom. The van der Waals surface area contributed by atoms with Crippen LogP contribution in [0.5, 0.6) is 0 Å². The monoisotopic (exact) mass is 402 g/mol. The fourth-order valence-corrected chi connectivity index (χ4v) is 4.29. The van der Waals surface area contributed by atoms with Crippen LogP contribution in [0.1, 0.15) is 18.4 Å². The Hall–Kier alpha value is -3.16. The minimum absolute atomic E-state index is 0.217. The molecule has 0 bridgehead atoms. The van der Waals surface area contributed by atoms with Gasteiger partial charge in [-0.15, -0.1) is 0 Å². The molecular weight excluding hydrogens is 376 g/mol. The van der Waals surface area contributed by atoms with E-state index in [4.69, 9.17) is 11.5 Å². The highest BCUT2D eigenvalue weighted by molar-refractivity contribution is 6.06.